The summed E-state index contributed by atoms with van der Waals surface area (Å²) in [6.07, 6.45) is 2.22. The van der Waals surface area contributed by atoms with E-state index in [0.717, 1.165) is 17.4 Å². The van der Waals surface area contributed by atoms with Crippen molar-refractivity contribution in [1.82, 2.24) is 9.55 Å². The number of carboxylic acid groups (broad SMARTS) is 1. The third kappa shape index (κ3) is 5.81. The van der Waals surface area contributed by atoms with Gasteiger partial charge in [0.15, 0.2) is 0 Å². The van der Waals surface area contributed by atoms with Crippen LogP contribution in [0.15, 0.2) is 54.7 Å². The van der Waals surface area contributed by atoms with Gasteiger partial charge < -0.3 is 20.1 Å². The summed E-state index contributed by atoms with van der Waals surface area (Å²) in [6.45, 7) is 6.09. The van der Waals surface area contributed by atoms with Gasteiger partial charge in [-0.25, -0.2) is 14.2 Å². The first kappa shape index (κ1) is 27.8. The summed E-state index contributed by atoms with van der Waals surface area (Å²) in [4.78, 5) is 16.7. The first-order valence-corrected chi connectivity index (χ1v) is 11.7. The van der Waals surface area contributed by atoms with Crippen molar-refractivity contribution in [2.75, 3.05) is 14.2 Å². The number of pyridine rings is 1. The Labute approximate surface area is 210 Å². The van der Waals surface area contributed by atoms with Gasteiger partial charge >= 0.3 is 5.97 Å². The molecule has 0 saturated carbocycles. The van der Waals surface area contributed by atoms with Crippen LogP contribution in [0.1, 0.15) is 42.4 Å². The van der Waals surface area contributed by atoms with Gasteiger partial charge in [0, 0.05) is 33.8 Å². The van der Waals surface area contributed by atoms with Gasteiger partial charge in [0.25, 0.3) is 0 Å². The molecule has 4 aromatic rings. The van der Waals surface area contributed by atoms with Crippen LogP contribution in [0.4, 0.5) is 4.39 Å². The number of fused-ring (bicyclic) bond motifs is 1. The zero-order valence-corrected chi connectivity index (χ0v) is 21.4. The monoisotopic (exact) mass is 499 g/mol. The molecule has 0 spiro atoms. The van der Waals surface area contributed by atoms with Gasteiger partial charge in [-0.05, 0) is 43.3 Å². The summed E-state index contributed by atoms with van der Waals surface area (Å²) in [7, 11) is 2.97. The highest BCUT2D eigenvalue weighted by Gasteiger charge is 2.27. The Kier molecular flexibility index (Phi) is 10.2. The van der Waals surface area contributed by atoms with E-state index in [1.165, 1.54) is 26.4 Å². The number of nitrogens with zero attached hydrogens (tertiary/aromatic N) is 2. The van der Waals surface area contributed by atoms with E-state index in [-0.39, 0.29) is 18.1 Å². The molecule has 4 rings (SSSR count). The van der Waals surface area contributed by atoms with E-state index in [0.29, 0.717) is 27.2 Å². The molecule has 0 saturated heterocycles. The van der Waals surface area contributed by atoms with Gasteiger partial charge in [-0.15, -0.1) is 0 Å². The fourth-order valence-corrected chi connectivity index (χ4v) is 4.00. The predicted octanol–water partition coefficient (Wildman–Crippen LogP) is 6.41. The zero-order valence-electron chi connectivity index (χ0n) is 20.6. The van der Waals surface area contributed by atoms with Crippen molar-refractivity contribution in [2.45, 2.75) is 33.7 Å². The SMILES string of the molecule is CC.CCc1ccc2c(c1)c(-c1cc(Cl)cnc1OC)c(C(=O)O)n2Cc1ccccc1F.CN. The largest absolute Gasteiger partial charge is 0.481 e. The average Bonchev–Trinajstić information content (AvgIpc) is 3.21. The molecule has 0 aliphatic rings. The third-order valence-electron chi connectivity index (χ3n) is 5.31. The fraction of sp³-hybridized carbons (Fsp3) is 0.259. The van der Waals surface area contributed by atoms with E-state index >= 15 is 0 Å². The topological polar surface area (TPSA) is 90.4 Å². The molecule has 2 aromatic heterocycles. The van der Waals surface area contributed by atoms with Crippen molar-refractivity contribution < 1.29 is 19.0 Å². The summed E-state index contributed by atoms with van der Waals surface area (Å²) < 4.78 is 21.4. The summed E-state index contributed by atoms with van der Waals surface area (Å²) in [5.41, 5.74) is 7.55. The third-order valence-corrected chi connectivity index (χ3v) is 5.51. The zero-order chi connectivity index (χ0) is 26.1. The van der Waals surface area contributed by atoms with E-state index in [2.05, 4.69) is 10.7 Å². The maximum atomic E-state index is 14.4. The highest BCUT2D eigenvalue weighted by molar-refractivity contribution is 6.31. The molecule has 0 radical (unpaired) electrons. The Balaban J connectivity index is 0.00000103. The summed E-state index contributed by atoms with van der Waals surface area (Å²) >= 11 is 6.20. The second kappa shape index (κ2) is 12.9. The molecule has 8 heteroatoms. The summed E-state index contributed by atoms with van der Waals surface area (Å²) in [5, 5.41) is 11.3. The smallest absolute Gasteiger partial charge is 0.353 e. The first-order chi connectivity index (χ1) is 16.9. The lowest BCUT2D eigenvalue weighted by atomic mass is 10.0. The molecule has 6 nitrogen and oxygen atoms in total. The number of rotatable bonds is 6. The van der Waals surface area contributed by atoms with Crippen molar-refractivity contribution in [1.29, 1.82) is 0 Å². The van der Waals surface area contributed by atoms with Crippen molar-refractivity contribution in [3.8, 4) is 17.0 Å². The minimum absolute atomic E-state index is 0.0221. The van der Waals surface area contributed by atoms with Crippen LogP contribution in [0.2, 0.25) is 5.02 Å². The lowest BCUT2D eigenvalue weighted by Gasteiger charge is -2.11. The molecule has 0 atom stereocenters. The lowest BCUT2D eigenvalue weighted by molar-refractivity contribution is 0.0687. The number of hydrogen-bond donors (Lipinski definition) is 2. The first-order valence-electron chi connectivity index (χ1n) is 11.3. The number of hydrogen-bond acceptors (Lipinski definition) is 4. The number of nitrogens with two attached hydrogens (primary N) is 1. The Morgan fingerprint density at radius 3 is 2.46 bits per heavy atom. The molecule has 35 heavy (non-hydrogen) atoms. The van der Waals surface area contributed by atoms with E-state index in [1.54, 1.807) is 28.8 Å². The number of methoxy groups -OCH3 is 1. The number of aromatic nitrogens is 2. The van der Waals surface area contributed by atoms with Gasteiger partial charge in [0.1, 0.15) is 11.5 Å². The molecule has 2 aromatic carbocycles. The maximum absolute atomic E-state index is 14.4. The predicted molar refractivity (Wildman–Crippen MR) is 140 cm³/mol. The van der Waals surface area contributed by atoms with Crippen LogP contribution in [0.5, 0.6) is 5.88 Å². The number of benzene rings is 2. The van der Waals surface area contributed by atoms with Gasteiger partial charge in [0.05, 0.1) is 18.7 Å². The maximum Gasteiger partial charge on any atom is 0.353 e. The van der Waals surface area contributed by atoms with Gasteiger partial charge in [0.2, 0.25) is 5.88 Å². The highest BCUT2D eigenvalue weighted by Crippen LogP contribution is 2.41. The van der Waals surface area contributed by atoms with E-state index < -0.39 is 11.8 Å². The Morgan fingerprint density at radius 1 is 1.17 bits per heavy atom. The number of ether oxygens (including phenoxy) is 1. The molecule has 0 bridgehead atoms. The van der Waals surface area contributed by atoms with Crippen LogP contribution in [-0.2, 0) is 13.0 Å². The van der Waals surface area contributed by atoms with Gasteiger partial charge in [-0.2, -0.15) is 0 Å². The van der Waals surface area contributed by atoms with Crippen molar-refractivity contribution in [3.63, 3.8) is 0 Å². The molecule has 186 valence electrons. The standard InChI is InChI=1S/C24H20ClFN2O3.C2H6.CH5N/c1-3-14-8-9-20-17(10-14)21(18-11-16(25)12-27-23(18)31-2)22(24(29)30)28(20)13-15-6-4-5-7-19(15)26;2*1-2/h4-12H,3,13H2,1-2H3,(H,29,30);1-2H3;2H2,1H3. The van der Waals surface area contributed by atoms with Crippen LogP contribution < -0.4 is 10.5 Å². The minimum Gasteiger partial charge on any atom is -0.481 e. The molecule has 0 fully saturated rings. The van der Waals surface area contributed by atoms with Gasteiger partial charge in [-0.3, -0.25) is 0 Å². The van der Waals surface area contributed by atoms with Crippen LogP contribution in [0, 0.1) is 5.82 Å². The Hall–Kier alpha value is -3.42. The average molecular weight is 500 g/mol. The number of aromatic carboxylic acids is 1. The second-order valence-corrected chi connectivity index (χ2v) is 7.56. The molecule has 0 aliphatic heterocycles. The van der Waals surface area contributed by atoms with Crippen LogP contribution in [0.3, 0.4) is 0 Å². The molecular formula is C27H31ClFN3O3. The second-order valence-electron chi connectivity index (χ2n) is 7.12. The molecule has 0 amide bonds. The highest BCUT2D eigenvalue weighted by atomic mass is 35.5. The fourth-order valence-electron chi connectivity index (χ4n) is 3.85. The molecule has 3 N–H and O–H groups in total. The van der Waals surface area contributed by atoms with Crippen molar-refractivity contribution in [3.05, 3.63) is 82.4 Å². The quantitative estimate of drug-likeness (QED) is 0.319. The Bertz CT molecular complexity index is 1300. The van der Waals surface area contributed by atoms with E-state index in [4.69, 9.17) is 16.3 Å². The number of carbonyl (C=O) groups is 1. The van der Waals surface area contributed by atoms with Crippen molar-refractivity contribution >= 4 is 28.5 Å². The van der Waals surface area contributed by atoms with E-state index in [1.807, 2.05) is 39.0 Å². The lowest BCUT2D eigenvalue weighted by Crippen LogP contribution is -2.11. The number of halogens is 2. The Morgan fingerprint density at radius 2 is 1.86 bits per heavy atom. The van der Waals surface area contributed by atoms with Crippen LogP contribution in [0.25, 0.3) is 22.0 Å². The molecule has 0 unspecified atom stereocenters. The molecule has 0 aliphatic carbocycles. The van der Waals surface area contributed by atoms with E-state index in [9.17, 15) is 14.3 Å². The molecular weight excluding hydrogens is 469 g/mol. The van der Waals surface area contributed by atoms with Crippen LogP contribution in [-0.4, -0.2) is 34.8 Å². The molecule has 2 heterocycles. The van der Waals surface area contributed by atoms with Gasteiger partial charge in [-0.1, -0.05) is 56.6 Å². The summed E-state index contributed by atoms with van der Waals surface area (Å²) in [5.74, 6) is -1.27. The summed E-state index contributed by atoms with van der Waals surface area (Å²) in [6, 6.07) is 13.8. The number of aryl methyl sites for hydroxylation is 1. The minimum atomic E-state index is -1.14. The number of carboxylic acids is 1. The van der Waals surface area contributed by atoms with Crippen molar-refractivity contribution in [2.24, 2.45) is 5.73 Å². The normalized spacial score (nSPS) is 10.2. The van der Waals surface area contributed by atoms with Crippen LogP contribution >= 0.6 is 11.6 Å².